The standard InChI is InChI=1S/C36H22IN5/c37-28-3-5-29(6-4-28)42-35-31-8-2-27(24-11-17-39-18-12-24)22-33(31)32-21-26(23-9-15-38-16-10-23)1-7-30(32)34(35)41-36(42)25-13-19-40-20-14-25/h1-22H. The molecule has 0 N–H and O–H groups in total. The van der Waals surface area contributed by atoms with Crippen LogP contribution in [0.25, 0.3) is 71.9 Å². The van der Waals surface area contributed by atoms with E-state index in [-0.39, 0.29) is 0 Å². The van der Waals surface area contributed by atoms with E-state index in [9.17, 15) is 0 Å². The zero-order valence-electron chi connectivity index (χ0n) is 22.3. The maximum absolute atomic E-state index is 5.36. The van der Waals surface area contributed by atoms with E-state index in [1.165, 1.54) is 8.96 Å². The molecule has 0 saturated heterocycles. The molecule has 8 aromatic rings. The van der Waals surface area contributed by atoms with Gasteiger partial charge in [0.25, 0.3) is 0 Å². The van der Waals surface area contributed by atoms with Gasteiger partial charge in [0.2, 0.25) is 0 Å². The molecule has 0 atom stereocenters. The molecule has 8 rings (SSSR count). The van der Waals surface area contributed by atoms with Gasteiger partial charge in [-0.15, -0.1) is 0 Å². The van der Waals surface area contributed by atoms with Crippen molar-refractivity contribution in [3.8, 4) is 39.3 Å². The van der Waals surface area contributed by atoms with Crippen LogP contribution in [0.5, 0.6) is 0 Å². The lowest BCUT2D eigenvalue weighted by atomic mass is 9.93. The maximum Gasteiger partial charge on any atom is 0.145 e. The maximum atomic E-state index is 5.36. The molecule has 4 aromatic carbocycles. The smallest absolute Gasteiger partial charge is 0.145 e. The number of rotatable bonds is 4. The highest BCUT2D eigenvalue weighted by Gasteiger charge is 2.21. The molecule has 6 heteroatoms. The van der Waals surface area contributed by atoms with Crippen LogP contribution in [0.4, 0.5) is 0 Å². The molecular formula is C36H22IN5. The Morgan fingerprint density at radius 2 is 0.952 bits per heavy atom. The topological polar surface area (TPSA) is 56.5 Å². The van der Waals surface area contributed by atoms with Gasteiger partial charge in [-0.05, 0) is 128 Å². The highest BCUT2D eigenvalue weighted by Crippen LogP contribution is 2.41. The highest BCUT2D eigenvalue weighted by atomic mass is 127. The van der Waals surface area contributed by atoms with Gasteiger partial charge in [0.05, 0.1) is 11.0 Å². The van der Waals surface area contributed by atoms with Crippen LogP contribution < -0.4 is 0 Å². The second kappa shape index (κ2) is 10.2. The lowest BCUT2D eigenvalue weighted by molar-refractivity contribution is 1.10. The van der Waals surface area contributed by atoms with Crippen molar-refractivity contribution in [2.24, 2.45) is 0 Å². The van der Waals surface area contributed by atoms with Crippen molar-refractivity contribution in [2.75, 3.05) is 0 Å². The average molecular weight is 652 g/mol. The van der Waals surface area contributed by atoms with Crippen molar-refractivity contribution < 1.29 is 0 Å². The van der Waals surface area contributed by atoms with Gasteiger partial charge in [-0.25, -0.2) is 4.98 Å². The van der Waals surface area contributed by atoms with Crippen LogP contribution in [-0.4, -0.2) is 24.5 Å². The van der Waals surface area contributed by atoms with Crippen LogP contribution >= 0.6 is 22.6 Å². The normalized spacial score (nSPS) is 11.5. The predicted molar refractivity (Wildman–Crippen MR) is 178 cm³/mol. The Morgan fingerprint density at radius 1 is 0.452 bits per heavy atom. The SMILES string of the molecule is Ic1ccc(-n2c(-c3ccncc3)nc3c4ccc(-c5ccncc5)cc4c4cc(-c5ccncc5)ccc4c32)cc1. The van der Waals surface area contributed by atoms with Crippen LogP contribution in [0.3, 0.4) is 0 Å². The zero-order chi connectivity index (χ0) is 28.0. The van der Waals surface area contributed by atoms with Crippen molar-refractivity contribution in [2.45, 2.75) is 0 Å². The van der Waals surface area contributed by atoms with Crippen LogP contribution in [0.2, 0.25) is 0 Å². The monoisotopic (exact) mass is 651 g/mol. The fourth-order valence-electron chi connectivity index (χ4n) is 5.79. The molecule has 0 amide bonds. The Balaban J connectivity index is 1.54. The quantitative estimate of drug-likeness (QED) is 0.141. The van der Waals surface area contributed by atoms with E-state index in [4.69, 9.17) is 4.98 Å². The largest absolute Gasteiger partial charge is 0.292 e. The second-order valence-corrected chi connectivity index (χ2v) is 11.4. The third kappa shape index (κ3) is 4.14. The molecule has 42 heavy (non-hydrogen) atoms. The van der Waals surface area contributed by atoms with Crippen LogP contribution in [-0.2, 0) is 0 Å². The van der Waals surface area contributed by atoms with Gasteiger partial charge in [0.15, 0.2) is 0 Å². The zero-order valence-corrected chi connectivity index (χ0v) is 24.5. The summed E-state index contributed by atoms with van der Waals surface area (Å²) in [6, 6.07) is 34.3. The van der Waals surface area contributed by atoms with Gasteiger partial charge in [-0.3, -0.25) is 19.5 Å². The molecule has 0 spiro atoms. The summed E-state index contributed by atoms with van der Waals surface area (Å²) in [6.45, 7) is 0. The van der Waals surface area contributed by atoms with Gasteiger partial charge in [0.1, 0.15) is 5.82 Å². The van der Waals surface area contributed by atoms with Crippen molar-refractivity contribution in [3.63, 3.8) is 0 Å². The summed E-state index contributed by atoms with van der Waals surface area (Å²) in [5.74, 6) is 0.888. The lowest BCUT2D eigenvalue weighted by Gasteiger charge is -2.14. The van der Waals surface area contributed by atoms with Crippen LogP contribution in [0, 0.1) is 3.57 Å². The highest BCUT2D eigenvalue weighted by molar-refractivity contribution is 14.1. The minimum atomic E-state index is 0.888. The van der Waals surface area contributed by atoms with Gasteiger partial charge < -0.3 is 0 Å². The van der Waals surface area contributed by atoms with E-state index in [0.717, 1.165) is 66.5 Å². The van der Waals surface area contributed by atoms with E-state index in [1.807, 2.05) is 49.3 Å². The second-order valence-electron chi connectivity index (χ2n) is 10.2. The number of pyridine rings is 3. The number of hydrogen-bond donors (Lipinski definition) is 0. The lowest BCUT2D eigenvalue weighted by Crippen LogP contribution is -1.98. The molecule has 0 saturated carbocycles. The number of aromatic nitrogens is 5. The van der Waals surface area contributed by atoms with E-state index in [2.05, 4.69) is 127 Å². The van der Waals surface area contributed by atoms with Gasteiger partial charge >= 0.3 is 0 Å². The molecule has 0 fully saturated rings. The first kappa shape index (κ1) is 24.8. The van der Waals surface area contributed by atoms with Crippen molar-refractivity contribution in [1.29, 1.82) is 0 Å². The van der Waals surface area contributed by atoms with Crippen LogP contribution in [0.15, 0.2) is 134 Å². The molecule has 5 nitrogen and oxygen atoms in total. The summed E-state index contributed by atoms with van der Waals surface area (Å²) < 4.78 is 3.48. The summed E-state index contributed by atoms with van der Waals surface area (Å²) in [5, 5.41) is 4.60. The van der Waals surface area contributed by atoms with E-state index in [1.54, 1.807) is 0 Å². The summed E-state index contributed by atoms with van der Waals surface area (Å²) in [7, 11) is 0. The average Bonchev–Trinajstić information content (AvgIpc) is 3.47. The summed E-state index contributed by atoms with van der Waals surface area (Å²) in [6.07, 6.45) is 11.0. The summed E-state index contributed by atoms with van der Waals surface area (Å²) in [4.78, 5) is 18.1. The molecule has 4 aromatic heterocycles. The number of halogens is 1. The molecule has 0 aliphatic carbocycles. The Hall–Kier alpha value is -4.95. The molecule has 4 heterocycles. The first-order valence-corrected chi connectivity index (χ1v) is 14.7. The molecule has 0 bridgehead atoms. The fourth-order valence-corrected chi connectivity index (χ4v) is 6.15. The number of imidazole rings is 1. The van der Waals surface area contributed by atoms with Gasteiger partial charge in [-0.2, -0.15) is 0 Å². The molecule has 198 valence electrons. The molecule has 0 aliphatic heterocycles. The Bertz CT molecular complexity index is 2230. The molecule has 0 radical (unpaired) electrons. The van der Waals surface area contributed by atoms with Gasteiger partial charge in [0, 0.05) is 62.8 Å². The van der Waals surface area contributed by atoms with Crippen molar-refractivity contribution >= 4 is 55.2 Å². The first-order valence-electron chi connectivity index (χ1n) is 13.6. The number of hydrogen-bond acceptors (Lipinski definition) is 4. The summed E-state index contributed by atoms with van der Waals surface area (Å²) >= 11 is 2.35. The third-order valence-corrected chi connectivity index (χ3v) is 8.49. The molecular weight excluding hydrogens is 629 g/mol. The number of benzene rings is 4. The van der Waals surface area contributed by atoms with Crippen LogP contribution in [0.1, 0.15) is 0 Å². The fraction of sp³-hybridized carbons (Fsp3) is 0. The molecule has 0 unspecified atom stereocenters. The summed E-state index contributed by atoms with van der Waals surface area (Å²) in [5.41, 5.74) is 8.70. The predicted octanol–water partition coefficient (Wildman–Crippen LogP) is 9.12. The minimum absolute atomic E-state index is 0.888. The third-order valence-electron chi connectivity index (χ3n) is 7.77. The number of nitrogens with zero attached hydrogens (tertiary/aromatic N) is 5. The minimum Gasteiger partial charge on any atom is -0.292 e. The van der Waals surface area contributed by atoms with Crippen molar-refractivity contribution in [1.82, 2.24) is 24.5 Å². The van der Waals surface area contributed by atoms with E-state index >= 15 is 0 Å². The molecule has 0 aliphatic rings. The Morgan fingerprint density at radius 3 is 1.52 bits per heavy atom. The van der Waals surface area contributed by atoms with Gasteiger partial charge in [-0.1, -0.05) is 24.3 Å². The van der Waals surface area contributed by atoms with Crippen molar-refractivity contribution in [3.05, 3.63) is 138 Å². The number of fused-ring (bicyclic) bond motifs is 6. The Labute approximate surface area is 255 Å². The first-order chi connectivity index (χ1) is 20.7. The van der Waals surface area contributed by atoms with E-state index < -0.39 is 0 Å². The Kier molecular flexibility index (Phi) is 6.00. The van der Waals surface area contributed by atoms with E-state index in [0.29, 0.717) is 0 Å².